The molecule has 0 bridgehead atoms. The van der Waals surface area contributed by atoms with Gasteiger partial charge in [-0.05, 0) is 13.5 Å². The molecule has 2 heterocycles. The fourth-order valence-electron chi connectivity index (χ4n) is 2.03. The second kappa shape index (κ2) is 5.97. The molecular weight excluding hydrogens is 240 g/mol. The van der Waals surface area contributed by atoms with Crippen molar-refractivity contribution in [1.29, 1.82) is 0 Å². The number of nitrogens with zero attached hydrogens (tertiary/aromatic N) is 4. The van der Waals surface area contributed by atoms with E-state index in [2.05, 4.69) is 53.5 Å². The number of anilines is 1. The van der Waals surface area contributed by atoms with Crippen molar-refractivity contribution in [3.63, 3.8) is 0 Å². The molecule has 19 heavy (non-hydrogen) atoms. The Bertz CT molecular complexity index is 533. The number of likely N-dealkylation sites (N-methyl/N-ethyl adjacent to an activating group) is 1. The smallest absolute Gasteiger partial charge is 0.203 e. The summed E-state index contributed by atoms with van der Waals surface area (Å²) in [5.41, 5.74) is 0.787. The molecule has 0 saturated carbocycles. The first-order chi connectivity index (χ1) is 9.13. The number of aromatic nitrogens is 4. The summed E-state index contributed by atoms with van der Waals surface area (Å²) in [7, 11) is 0. The van der Waals surface area contributed by atoms with E-state index in [0.717, 1.165) is 30.4 Å². The van der Waals surface area contributed by atoms with Crippen LogP contribution in [0.3, 0.4) is 0 Å². The second-order valence-corrected chi connectivity index (χ2v) is 5.02. The summed E-state index contributed by atoms with van der Waals surface area (Å²) >= 11 is 0. The molecule has 2 aromatic rings. The maximum Gasteiger partial charge on any atom is 0.203 e. The van der Waals surface area contributed by atoms with Crippen molar-refractivity contribution >= 4 is 11.5 Å². The van der Waals surface area contributed by atoms with Gasteiger partial charge in [0, 0.05) is 30.9 Å². The summed E-state index contributed by atoms with van der Waals surface area (Å²) in [6.45, 7) is 10.2. The third kappa shape index (κ3) is 3.01. The average molecular weight is 262 g/mol. The highest BCUT2D eigenvalue weighted by Gasteiger charge is 2.12. The molecule has 0 amide bonds. The molecule has 1 atom stereocenters. The van der Waals surface area contributed by atoms with Crippen molar-refractivity contribution < 1.29 is 0 Å². The minimum absolute atomic E-state index is 0.339. The van der Waals surface area contributed by atoms with Crippen LogP contribution < -0.4 is 10.6 Å². The number of hydrogen-bond donors (Lipinski definition) is 2. The van der Waals surface area contributed by atoms with Crippen LogP contribution in [0, 0.1) is 0 Å². The van der Waals surface area contributed by atoms with Crippen LogP contribution in [0.2, 0.25) is 0 Å². The summed E-state index contributed by atoms with van der Waals surface area (Å²) in [6.07, 6.45) is 3.69. The number of nitrogens with one attached hydrogen (secondary N) is 2. The van der Waals surface area contributed by atoms with Crippen LogP contribution in [0.1, 0.15) is 39.4 Å². The van der Waals surface area contributed by atoms with Crippen LogP contribution in [0.5, 0.6) is 0 Å². The van der Waals surface area contributed by atoms with Gasteiger partial charge in [0.15, 0.2) is 5.82 Å². The van der Waals surface area contributed by atoms with Gasteiger partial charge in [-0.1, -0.05) is 20.8 Å². The Labute approximate surface area is 113 Å². The summed E-state index contributed by atoms with van der Waals surface area (Å²) < 4.78 is 2.00. The molecule has 6 nitrogen and oxygen atoms in total. The van der Waals surface area contributed by atoms with Gasteiger partial charge in [0.2, 0.25) is 5.65 Å². The van der Waals surface area contributed by atoms with Gasteiger partial charge in [0.1, 0.15) is 5.82 Å². The fraction of sp³-hybridized carbons (Fsp3) is 0.615. The quantitative estimate of drug-likeness (QED) is 0.828. The van der Waals surface area contributed by atoms with Gasteiger partial charge < -0.3 is 10.6 Å². The lowest BCUT2D eigenvalue weighted by atomic mass is 10.2. The van der Waals surface area contributed by atoms with Gasteiger partial charge in [-0.3, -0.25) is 4.40 Å². The van der Waals surface area contributed by atoms with Gasteiger partial charge >= 0.3 is 0 Å². The average Bonchev–Trinajstić information content (AvgIpc) is 2.81. The minimum atomic E-state index is 0.339. The zero-order valence-corrected chi connectivity index (χ0v) is 12.0. The standard InChI is InChI=1S/C13H22N6/c1-5-14-10(4)8-16-11-13-18-17-12(9(2)3)19(13)7-6-15-11/h6-7,9-10,14H,5,8H2,1-4H3,(H,15,16)/t10-/m1/s1. The monoisotopic (exact) mass is 262 g/mol. The van der Waals surface area contributed by atoms with Crippen molar-refractivity contribution in [3.05, 3.63) is 18.2 Å². The van der Waals surface area contributed by atoms with E-state index in [1.54, 1.807) is 6.20 Å². The van der Waals surface area contributed by atoms with E-state index in [0.29, 0.717) is 12.0 Å². The Morgan fingerprint density at radius 1 is 1.26 bits per heavy atom. The van der Waals surface area contributed by atoms with Crippen LogP contribution in [-0.4, -0.2) is 38.7 Å². The van der Waals surface area contributed by atoms with Crippen LogP contribution >= 0.6 is 0 Å². The Balaban J connectivity index is 2.20. The van der Waals surface area contributed by atoms with Crippen molar-refractivity contribution in [2.45, 2.75) is 39.7 Å². The summed E-state index contributed by atoms with van der Waals surface area (Å²) in [5.74, 6) is 2.08. The molecule has 0 unspecified atom stereocenters. The zero-order valence-electron chi connectivity index (χ0n) is 12.0. The maximum absolute atomic E-state index is 4.35. The first kappa shape index (κ1) is 13.7. The largest absolute Gasteiger partial charge is 0.365 e. The van der Waals surface area contributed by atoms with Gasteiger partial charge in [-0.2, -0.15) is 0 Å². The third-order valence-corrected chi connectivity index (χ3v) is 3.00. The van der Waals surface area contributed by atoms with Gasteiger partial charge in [0.05, 0.1) is 0 Å². The highest BCUT2D eigenvalue weighted by atomic mass is 15.3. The molecule has 0 aromatic carbocycles. The lowest BCUT2D eigenvalue weighted by molar-refractivity contribution is 0.589. The number of fused-ring (bicyclic) bond motifs is 1. The third-order valence-electron chi connectivity index (χ3n) is 3.00. The van der Waals surface area contributed by atoms with Gasteiger partial charge in [0.25, 0.3) is 0 Å². The van der Waals surface area contributed by atoms with E-state index in [4.69, 9.17) is 0 Å². The Morgan fingerprint density at radius 2 is 2.05 bits per heavy atom. The molecular formula is C13H22N6. The van der Waals surface area contributed by atoms with Crippen LogP contribution in [0.15, 0.2) is 12.4 Å². The Morgan fingerprint density at radius 3 is 2.74 bits per heavy atom. The van der Waals surface area contributed by atoms with Crippen LogP contribution in [0.25, 0.3) is 5.65 Å². The molecule has 0 fully saturated rings. The van der Waals surface area contributed by atoms with E-state index < -0.39 is 0 Å². The topological polar surface area (TPSA) is 67.1 Å². The van der Waals surface area contributed by atoms with Crippen LogP contribution in [-0.2, 0) is 0 Å². The van der Waals surface area contributed by atoms with Crippen molar-refractivity contribution in [1.82, 2.24) is 24.9 Å². The molecule has 2 aromatic heterocycles. The predicted octanol–water partition coefficient (Wildman–Crippen LogP) is 1.66. The van der Waals surface area contributed by atoms with E-state index in [1.807, 2.05) is 10.6 Å². The highest BCUT2D eigenvalue weighted by Crippen LogP contribution is 2.17. The summed E-state index contributed by atoms with van der Waals surface area (Å²) in [4.78, 5) is 4.35. The molecule has 0 radical (unpaired) electrons. The van der Waals surface area contributed by atoms with E-state index in [1.165, 1.54) is 0 Å². The molecule has 0 aliphatic carbocycles. The highest BCUT2D eigenvalue weighted by molar-refractivity contribution is 5.62. The number of rotatable bonds is 6. The Kier molecular flexibility index (Phi) is 4.31. The fourth-order valence-corrected chi connectivity index (χ4v) is 2.03. The minimum Gasteiger partial charge on any atom is -0.365 e. The SMILES string of the molecule is CCN[C@H](C)CNc1nccn2c(C(C)C)nnc12. The van der Waals surface area contributed by atoms with Gasteiger partial charge in [-0.25, -0.2) is 4.98 Å². The molecule has 2 rings (SSSR count). The van der Waals surface area contributed by atoms with E-state index >= 15 is 0 Å². The molecule has 6 heteroatoms. The van der Waals surface area contributed by atoms with Gasteiger partial charge in [-0.15, -0.1) is 10.2 Å². The normalized spacial score (nSPS) is 13.1. The molecule has 0 aliphatic heterocycles. The van der Waals surface area contributed by atoms with Crippen LogP contribution in [0.4, 0.5) is 5.82 Å². The zero-order chi connectivity index (χ0) is 13.8. The molecule has 0 aliphatic rings. The molecule has 0 spiro atoms. The lowest BCUT2D eigenvalue weighted by Gasteiger charge is -2.13. The van der Waals surface area contributed by atoms with E-state index in [-0.39, 0.29) is 0 Å². The maximum atomic E-state index is 4.35. The second-order valence-electron chi connectivity index (χ2n) is 5.02. The summed E-state index contributed by atoms with van der Waals surface area (Å²) in [5, 5.41) is 15.1. The molecule has 104 valence electrons. The predicted molar refractivity (Wildman–Crippen MR) is 76.5 cm³/mol. The lowest BCUT2D eigenvalue weighted by Crippen LogP contribution is -2.32. The first-order valence-corrected chi connectivity index (χ1v) is 6.80. The van der Waals surface area contributed by atoms with Crippen molar-refractivity contribution in [2.75, 3.05) is 18.4 Å². The number of hydrogen-bond acceptors (Lipinski definition) is 5. The van der Waals surface area contributed by atoms with Crippen molar-refractivity contribution in [2.24, 2.45) is 0 Å². The Hall–Kier alpha value is -1.69. The first-order valence-electron chi connectivity index (χ1n) is 6.80. The van der Waals surface area contributed by atoms with Crippen molar-refractivity contribution in [3.8, 4) is 0 Å². The molecule has 0 saturated heterocycles. The van der Waals surface area contributed by atoms with E-state index in [9.17, 15) is 0 Å². The molecule has 2 N–H and O–H groups in total. The summed E-state index contributed by atoms with van der Waals surface area (Å²) in [6, 6.07) is 0.388.